The second-order valence-electron chi connectivity index (χ2n) is 8.16. The lowest BCUT2D eigenvalue weighted by atomic mass is 10.1. The van der Waals surface area contributed by atoms with Crippen LogP contribution in [0, 0.1) is 0 Å². The molecule has 1 aliphatic rings. The molecule has 0 saturated carbocycles. The molecule has 1 unspecified atom stereocenters. The summed E-state index contributed by atoms with van der Waals surface area (Å²) in [6.45, 7) is 17.0. The summed E-state index contributed by atoms with van der Waals surface area (Å²) in [5.74, 6) is 0. The highest BCUT2D eigenvalue weighted by Gasteiger charge is 2.54. The largest absolute Gasteiger partial charge is 0.416 e. The minimum absolute atomic E-state index is 0.198. The number of hydrogen-bond donors (Lipinski definition) is 0. The zero-order valence-electron chi connectivity index (χ0n) is 16.5. The van der Waals surface area contributed by atoms with Crippen LogP contribution < -0.4 is 0 Å². The van der Waals surface area contributed by atoms with Crippen molar-refractivity contribution < 1.29 is 9.16 Å². The first kappa shape index (κ1) is 21.5. The molecule has 2 atom stereocenters. The number of ether oxygens (including phenoxy) is 1. The van der Waals surface area contributed by atoms with E-state index in [1.54, 1.807) is 0 Å². The number of alkyl halides is 1. The minimum Gasteiger partial charge on any atom is -0.416 e. The minimum atomic E-state index is -1.75. The lowest BCUT2D eigenvalue weighted by molar-refractivity contribution is 0.251. The third-order valence-corrected chi connectivity index (χ3v) is 12.2. The molecular formula is C19H39ClO2Si. The predicted octanol–water partition coefficient (Wildman–Crippen LogP) is 6.87. The van der Waals surface area contributed by atoms with Crippen molar-refractivity contribution in [2.45, 2.75) is 115 Å². The highest BCUT2D eigenvalue weighted by atomic mass is 35.5. The van der Waals surface area contributed by atoms with Crippen LogP contribution in [-0.2, 0) is 9.16 Å². The van der Waals surface area contributed by atoms with Crippen LogP contribution >= 0.6 is 11.6 Å². The van der Waals surface area contributed by atoms with Crippen LogP contribution in [0.4, 0.5) is 0 Å². The number of halogens is 1. The second-order valence-corrected chi connectivity index (χ2v) is 14.3. The molecule has 0 aromatic carbocycles. The number of epoxide rings is 1. The van der Waals surface area contributed by atoms with Gasteiger partial charge in [0.15, 0.2) is 13.4 Å². The summed E-state index contributed by atoms with van der Waals surface area (Å²) in [7, 11) is -1.75. The topological polar surface area (TPSA) is 21.8 Å². The molecule has 1 fully saturated rings. The SMILES string of the molecule is CCCCCCC1(Cl)O[C@@H]1CCO[Si](C(C)C)(C(C)C)C(C)C. The van der Waals surface area contributed by atoms with Gasteiger partial charge in [0.05, 0.1) is 0 Å². The van der Waals surface area contributed by atoms with Gasteiger partial charge in [-0.05, 0) is 35.9 Å². The summed E-state index contributed by atoms with van der Waals surface area (Å²) in [5, 5.41) is -0.380. The summed E-state index contributed by atoms with van der Waals surface area (Å²) in [6, 6.07) is 0. The lowest BCUT2D eigenvalue weighted by Gasteiger charge is -2.42. The fraction of sp³-hybridized carbons (Fsp3) is 1.00. The molecule has 0 spiro atoms. The maximum atomic E-state index is 6.60. The Morgan fingerprint density at radius 3 is 2.04 bits per heavy atom. The summed E-state index contributed by atoms with van der Waals surface area (Å²) >= 11 is 6.56. The third kappa shape index (κ3) is 5.45. The zero-order chi connectivity index (χ0) is 17.7. The smallest absolute Gasteiger partial charge is 0.200 e. The van der Waals surface area contributed by atoms with Crippen molar-refractivity contribution in [1.29, 1.82) is 0 Å². The summed E-state index contributed by atoms with van der Waals surface area (Å²) in [5.41, 5.74) is 1.91. The van der Waals surface area contributed by atoms with Crippen LogP contribution in [0.5, 0.6) is 0 Å². The first-order valence-electron chi connectivity index (χ1n) is 9.71. The third-order valence-electron chi connectivity index (χ3n) is 5.57. The Morgan fingerprint density at radius 2 is 1.57 bits per heavy atom. The van der Waals surface area contributed by atoms with Gasteiger partial charge in [0, 0.05) is 6.61 Å². The van der Waals surface area contributed by atoms with Gasteiger partial charge in [0.1, 0.15) is 6.10 Å². The van der Waals surface area contributed by atoms with Crippen LogP contribution in [-0.4, -0.2) is 26.1 Å². The Morgan fingerprint density at radius 1 is 1.00 bits per heavy atom. The normalized spacial score (nSPS) is 24.9. The van der Waals surface area contributed by atoms with Crippen molar-refractivity contribution >= 4 is 19.9 Å². The zero-order valence-corrected chi connectivity index (χ0v) is 18.2. The summed E-state index contributed by atoms with van der Waals surface area (Å²) < 4.78 is 12.4. The van der Waals surface area contributed by atoms with Gasteiger partial charge in [-0.15, -0.1) is 0 Å². The van der Waals surface area contributed by atoms with E-state index in [2.05, 4.69) is 48.5 Å². The van der Waals surface area contributed by atoms with Crippen molar-refractivity contribution in [1.82, 2.24) is 0 Å². The van der Waals surface area contributed by atoms with Gasteiger partial charge in [-0.3, -0.25) is 0 Å². The molecule has 0 radical (unpaired) electrons. The van der Waals surface area contributed by atoms with Crippen molar-refractivity contribution in [2.24, 2.45) is 0 Å². The Balaban J connectivity index is 2.41. The van der Waals surface area contributed by atoms with E-state index < -0.39 is 8.32 Å². The van der Waals surface area contributed by atoms with E-state index in [1.165, 1.54) is 25.7 Å². The van der Waals surface area contributed by atoms with Gasteiger partial charge < -0.3 is 9.16 Å². The Hall–Kier alpha value is 0.427. The molecule has 23 heavy (non-hydrogen) atoms. The van der Waals surface area contributed by atoms with Gasteiger partial charge in [0.2, 0.25) is 0 Å². The van der Waals surface area contributed by atoms with Crippen LogP contribution in [0.1, 0.15) is 87.0 Å². The van der Waals surface area contributed by atoms with Gasteiger partial charge in [0.25, 0.3) is 0 Å². The van der Waals surface area contributed by atoms with E-state index >= 15 is 0 Å². The molecular weight excluding hydrogens is 324 g/mol. The van der Waals surface area contributed by atoms with E-state index in [0.29, 0.717) is 16.6 Å². The van der Waals surface area contributed by atoms with Gasteiger partial charge in [-0.1, -0.05) is 79.3 Å². The molecule has 4 heteroatoms. The molecule has 138 valence electrons. The first-order chi connectivity index (χ1) is 10.7. The van der Waals surface area contributed by atoms with Crippen molar-refractivity contribution in [3.63, 3.8) is 0 Å². The average Bonchev–Trinajstić information content (AvgIpc) is 3.09. The molecule has 0 aromatic rings. The molecule has 1 rings (SSSR count). The predicted molar refractivity (Wildman–Crippen MR) is 104 cm³/mol. The Bertz CT molecular complexity index is 324. The van der Waals surface area contributed by atoms with Crippen LogP contribution in [0.3, 0.4) is 0 Å². The van der Waals surface area contributed by atoms with E-state index in [0.717, 1.165) is 19.4 Å². The molecule has 1 heterocycles. The summed E-state index contributed by atoms with van der Waals surface area (Å²) in [4.78, 5) is 0. The van der Waals surface area contributed by atoms with Crippen molar-refractivity contribution in [3.8, 4) is 0 Å². The molecule has 0 bridgehead atoms. The maximum absolute atomic E-state index is 6.60. The molecule has 1 aliphatic heterocycles. The van der Waals surface area contributed by atoms with Crippen LogP contribution in [0.25, 0.3) is 0 Å². The van der Waals surface area contributed by atoms with Crippen LogP contribution in [0.15, 0.2) is 0 Å². The first-order valence-corrected chi connectivity index (χ1v) is 12.2. The quantitative estimate of drug-likeness (QED) is 0.163. The van der Waals surface area contributed by atoms with Crippen molar-refractivity contribution in [2.75, 3.05) is 6.61 Å². The van der Waals surface area contributed by atoms with E-state index in [1.807, 2.05) is 0 Å². The lowest BCUT2D eigenvalue weighted by Crippen LogP contribution is -2.48. The maximum Gasteiger partial charge on any atom is 0.200 e. The molecule has 0 aromatic heterocycles. The van der Waals surface area contributed by atoms with E-state index in [9.17, 15) is 0 Å². The standard InChI is InChI=1S/C19H39ClO2Si/c1-8-9-10-11-13-19(20)18(22-19)12-14-21-23(15(2)3,16(4)5)17(6)7/h15-18H,8-14H2,1-7H3/t18-,19?/m1/s1. The van der Waals surface area contributed by atoms with Crippen LogP contribution in [0.2, 0.25) is 16.6 Å². The molecule has 2 nitrogen and oxygen atoms in total. The average molecular weight is 363 g/mol. The van der Waals surface area contributed by atoms with E-state index in [-0.39, 0.29) is 11.2 Å². The fourth-order valence-corrected chi connectivity index (χ4v) is 10.2. The van der Waals surface area contributed by atoms with Gasteiger partial charge >= 0.3 is 0 Å². The monoisotopic (exact) mass is 362 g/mol. The number of unbranched alkanes of at least 4 members (excludes halogenated alkanes) is 3. The Labute approximate surface area is 150 Å². The van der Waals surface area contributed by atoms with Gasteiger partial charge in [-0.2, -0.15) is 0 Å². The number of rotatable bonds is 12. The molecule has 1 saturated heterocycles. The summed E-state index contributed by atoms with van der Waals surface area (Å²) in [6.07, 6.45) is 7.13. The second kappa shape index (κ2) is 9.21. The molecule has 0 amide bonds. The molecule has 0 aliphatic carbocycles. The van der Waals surface area contributed by atoms with Crippen molar-refractivity contribution in [3.05, 3.63) is 0 Å². The van der Waals surface area contributed by atoms with E-state index in [4.69, 9.17) is 20.8 Å². The van der Waals surface area contributed by atoms with Gasteiger partial charge in [-0.25, -0.2) is 0 Å². The number of hydrogen-bond acceptors (Lipinski definition) is 2. The Kier molecular flexibility index (Phi) is 8.60. The highest BCUT2D eigenvalue weighted by Crippen LogP contribution is 2.48. The molecule has 0 N–H and O–H groups in total. The highest BCUT2D eigenvalue weighted by molar-refractivity contribution is 6.77. The fourth-order valence-electron chi connectivity index (χ4n) is 4.33.